The summed E-state index contributed by atoms with van der Waals surface area (Å²) >= 11 is 11.7. The highest BCUT2D eigenvalue weighted by Gasteiger charge is 2.22. The average molecular weight is 330 g/mol. The number of aromatic nitrogens is 2. The molecule has 0 aliphatic carbocycles. The molecule has 0 radical (unpaired) electrons. The number of carbonyl (C=O) groups is 1. The molecule has 2 aromatic rings. The molecule has 0 spiro atoms. The third-order valence-corrected chi connectivity index (χ3v) is 3.53. The lowest BCUT2D eigenvalue weighted by atomic mass is 10.1. The summed E-state index contributed by atoms with van der Waals surface area (Å²) in [5.74, 6) is -1.28. The molecule has 1 heterocycles. The highest BCUT2D eigenvalue weighted by Crippen LogP contribution is 2.24. The van der Waals surface area contributed by atoms with Gasteiger partial charge in [-0.05, 0) is 26.2 Å². The molecule has 7 heteroatoms. The van der Waals surface area contributed by atoms with Crippen LogP contribution < -0.4 is 0 Å². The van der Waals surface area contributed by atoms with Gasteiger partial charge in [0.15, 0.2) is 5.82 Å². The maximum atomic E-state index is 14.0. The van der Waals surface area contributed by atoms with Crippen LogP contribution in [0.5, 0.6) is 0 Å². The second-order valence-electron chi connectivity index (χ2n) is 4.80. The molecule has 4 nitrogen and oxygen atoms in total. The van der Waals surface area contributed by atoms with E-state index in [0.29, 0.717) is 13.1 Å². The first-order valence-electron chi connectivity index (χ1n) is 6.26. The zero-order valence-corrected chi connectivity index (χ0v) is 13.1. The first-order chi connectivity index (χ1) is 9.91. The van der Waals surface area contributed by atoms with Crippen molar-refractivity contribution in [1.29, 1.82) is 0 Å². The Morgan fingerprint density at radius 1 is 1.33 bits per heavy atom. The second kappa shape index (κ2) is 6.56. The largest absolute Gasteiger partial charge is 0.308 e. The number of halogens is 3. The van der Waals surface area contributed by atoms with Crippen molar-refractivity contribution in [2.75, 3.05) is 20.6 Å². The number of hydrogen-bond donors (Lipinski definition) is 0. The maximum absolute atomic E-state index is 14.0. The van der Waals surface area contributed by atoms with E-state index in [1.54, 1.807) is 0 Å². The van der Waals surface area contributed by atoms with Crippen molar-refractivity contribution in [2.24, 2.45) is 0 Å². The summed E-state index contributed by atoms with van der Waals surface area (Å²) in [7, 11) is 3.81. The number of ketones is 1. The Morgan fingerprint density at radius 3 is 2.71 bits per heavy atom. The molecule has 0 N–H and O–H groups in total. The number of carbonyl (C=O) groups excluding carboxylic acids is 1. The maximum Gasteiger partial charge on any atom is 0.215 e. The zero-order valence-electron chi connectivity index (χ0n) is 11.6. The van der Waals surface area contributed by atoms with Crippen LogP contribution in [0, 0.1) is 5.82 Å². The van der Waals surface area contributed by atoms with E-state index in [0.717, 1.165) is 0 Å². The van der Waals surface area contributed by atoms with Crippen LogP contribution in [0.3, 0.4) is 0 Å². The van der Waals surface area contributed by atoms with Crippen LogP contribution in [0.1, 0.15) is 16.1 Å². The predicted molar refractivity (Wildman–Crippen MR) is 80.6 cm³/mol. The van der Waals surface area contributed by atoms with Gasteiger partial charge < -0.3 is 4.90 Å². The Morgan fingerprint density at radius 2 is 2.05 bits per heavy atom. The van der Waals surface area contributed by atoms with Crippen molar-refractivity contribution in [3.05, 3.63) is 51.5 Å². The quantitative estimate of drug-likeness (QED) is 0.791. The highest BCUT2D eigenvalue weighted by atomic mass is 35.5. The third kappa shape index (κ3) is 3.43. The summed E-state index contributed by atoms with van der Waals surface area (Å²) in [6, 6.07) is 4.29. The predicted octanol–water partition coefficient (Wildman–Crippen LogP) is 3.12. The van der Waals surface area contributed by atoms with E-state index in [1.165, 1.54) is 29.1 Å². The molecule has 0 atom stereocenters. The number of nitrogens with zero attached hydrogens (tertiary/aromatic N) is 3. The molecule has 1 aromatic heterocycles. The van der Waals surface area contributed by atoms with Crippen LogP contribution in [0.15, 0.2) is 24.4 Å². The summed E-state index contributed by atoms with van der Waals surface area (Å²) in [5.41, 5.74) is 0.0516. The zero-order chi connectivity index (χ0) is 15.6. The Balaban J connectivity index is 2.39. The minimum atomic E-state index is -0.749. The molecule has 21 heavy (non-hydrogen) atoms. The van der Waals surface area contributed by atoms with Crippen molar-refractivity contribution >= 4 is 29.0 Å². The average Bonchev–Trinajstić information content (AvgIpc) is 2.80. The van der Waals surface area contributed by atoms with Crippen LogP contribution in [0.25, 0.3) is 0 Å². The van der Waals surface area contributed by atoms with E-state index in [9.17, 15) is 9.18 Å². The van der Waals surface area contributed by atoms with Gasteiger partial charge in [-0.25, -0.2) is 4.39 Å². The van der Waals surface area contributed by atoms with E-state index in [-0.39, 0.29) is 21.3 Å². The van der Waals surface area contributed by atoms with Gasteiger partial charge in [0.05, 0.1) is 28.4 Å². The summed E-state index contributed by atoms with van der Waals surface area (Å²) in [5, 5.41) is 4.16. The summed E-state index contributed by atoms with van der Waals surface area (Å²) in [6.45, 7) is 1.15. The van der Waals surface area contributed by atoms with E-state index < -0.39 is 11.6 Å². The van der Waals surface area contributed by atoms with Gasteiger partial charge in [-0.15, -0.1) is 0 Å². The Kier molecular flexibility index (Phi) is 4.98. The molecule has 0 saturated heterocycles. The molecule has 0 aliphatic heterocycles. The first-order valence-corrected chi connectivity index (χ1v) is 7.02. The number of hydrogen-bond acceptors (Lipinski definition) is 3. The van der Waals surface area contributed by atoms with Gasteiger partial charge in [-0.3, -0.25) is 9.48 Å². The van der Waals surface area contributed by atoms with Crippen LogP contribution >= 0.6 is 23.2 Å². The number of benzene rings is 1. The topological polar surface area (TPSA) is 38.1 Å². The van der Waals surface area contributed by atoms with E-state index in [2.05, 4.69) is 5.10 Å². The van der Waals surface area contributed by atoms with Gasteiger partial charge in [0, 0.05) is 6.54 Å². The number of rotatable bonds is 5. The molecule has 0 aliphatic rings. The SMILES string of the molecule is CN(C)CCn1ncc(Cl)c1C(=O)c1cccc(Cl)c1F. The van der Waals surface area contributed by atoms with Crippen molar-refractivity contribution in [2.45, 2.75) is 6.54 Å². The van der Waals surface area contributed by atoms with Gasteiger partial charge in [-0.1, -0.05) is 29.3 Å². The summed E-state index contributed by atoms with van der Waals surface area (Å²) in [4.78, 5) is 14.5. The summed E-state index contributed by atoms with van der Waals surface area (Å²) in [6.07, 6.45) is 1.38. The molecular formula is C14H14Cl2FN3O. The minimum absolute atomic E-state index is 0.101. The fraction of sp³-hybridized carbons (Fsp3) is 0.286. The van der Waals surface area contributed by atoms with E-state index >= 15 is 0 Å². The van der Waals surface area contributed by atoms with Crippen molar-refractivity contribution in [3.63, 3.8) is 0 Å². The fourth-order valence-electron chi connectivity index (χ4n) is 1.86. The van der Waals surface area contributed by atoms with Gasteiger partial charge >= 0.3 is 0 Å². The Labute approximate surface area is 132 Å². The van der Waals surface area contributed by atoms with E-state index in [4.69, 9.17) is 23.2 Å². The van der Waals surface area contributed by atoms with Crippen LogP contribution in [0.2, 0.25) is 10.0 Å². The molecule has 2 rings (SSSR count). The fourth-order valence-corrected chi connectivity index (χ4v) is 2.26. The van der Waals surface area contributed by atoms with Crippen molar-refractivity contribution in [3.8, 4) is 0 Å². The lowest BCUT2D eigenvalue weighted by Gasteiger charge is -2.12. The number of likely N-dealkylation sites (N-methyl/N-ethyl adjacent to an activating group) is 1. The lowest BCUT2D eigenvalue weighted by molar-refractivity contribution is 0.102. The molecule has 0 unspecified atom stereocenters. The van der Waals surface area contributed by atoms with Gasteiger partial charge in [0.2, 0.25) is 5.78 Å². The minimum Gasteiger partial charge on any atom is -0.308 e. The summed E-state index contributed by atoms with van der Waals surface area (Å²) < 4.78 is 15.5. The van der Waals surface area contributed by atoms with Crippen LogP contribution in [-0.4, -0.2) is 41.1 Å². The molecule has 112 valence electrons. The first kappa shape index (κ1) is 15.9. The molecule has 0 saturated carbocycles. The second-order valence-corrected chi connectivity index (χ2v) is 5.61. The Bertz CT molecular complexity index is 670. The molecular weight excluding hydrogens is 316 g/mol. The van der Waals surface area contributed by atoms with Crippen LogP contribution in [-0.2, 0) is 6.54 Å². The van der Waals surface area contributed by atoms with Crippen molar-refractivity contribution in [1.82, 2.24) is 14.7 Å². The van der Waals surface area contributed by atoms with Gasteiger partial charge in [0.1, 0.15) is 5.69 Å². The smallest absolute Gasteiger partial charge is 0.215 e. The lowest BCUT2D eigenvalue weighted by Crippen LogP contribution is -2.22. The normalized spacial score (nSPS) is 11.1. The molecule has 1 aromatic carbocycles. The van der Waals surface area contributed by atoms with E-state index in [1.807, 2.05) is 19.0 Å². The monoisotopic (exact) mass is 329 g/mol. The van der Waals surface area contributed by atoms with Crippen molar-refractivity contribution < 1.29 is 9.18 Å². The molecule has 0 bridgehead atoms. The van der Waals surface area contributed by atoms with Gasteiger partial charge in [-0.2, -0.15) is 5.10 Å². The standard InChI is InChI=1S/C14H14Cl2FN3O/c1-19(2)6-7-20-13(11(16)8-18-20)14(21)9-4-3-5-10(15)12(9)17/h3-5,8H,6-7H2,1-2H3. The molecule has 0 amide bonds. The Hall–Kier alpha value is -1.43. The van der Waals surface area contributed by atoms with Gasteiger partial charge in [0.25, 0.3) is 0 Å². The third-order valence-electron chi connectivity index (χ3n) is 2.97. The van der Waals surface area contributed by atoms with Crippen LogP contribution in [0.4, 0.5) is 4.39 Å². The highest BCUT2D eigenvalue weighted by molar-refractivity contribution is 6.35. The molecule has 0 fully saturated rings.